The predicted molar refractivity (Wildman–Crippen MR) is 59.2 cm³/mol. The molecule has 0 spiro atoms. The van der Waals surface area contributed by atoms with Crippen LogP contribution in [0.15, 0.2) is 4.99 Å². The summed E-state index contributed by atoms with van der Waals surface area (Å²) in [5, 5.41) is 0. The van der Waals surface area contributed by atoms with Crippen LogP contribution in [0.5, 0.6) is 0 Å². The SMILES string of the molecule is O=C=NC1CCCN(S(=O)(=O)CC2CC2)C1. The molecular weight excluding hydrogens is 228 g/mol. The molecule has 0 bridgehead atoms. The largest absolute Gasteiger partial charge is 0.235 e. The van der Waals surface area contributed by atoms with Crippen molar-refractivity contribution in [3.63, 3.8) is 0 Å². The highest BCUT2D eigenvalue weighted by Crippen LogP contribution is 2.31. The molecule has 1 saturated carbocycles. The molecular formula is C10H16N2O3S. The summed E-state index contributed by atoms with van der Waals surface area (Å²) in [4.78, 5) is 13.8. The lowest BCUT2D eigenvalue weighted by molar-refractivity contribution is 0.316. The van der Waals surface area contributed by atoms with Gasteiger partial charge in [0.25, 0.3) is 0 Å². The van der Waals surface area contributed by atoms with Crippen molar-refractivity contribution in [2.45, 2.75) is 31.7 Å². The number of sulfonamides is 1. The molecule has 0 aromatic rings. The van der Waals surface area contributed by atoms with Crippen LogP contribution in [0.25, 0.3) is 0 Å². The Kier molecular flexibility index (Phi) is 3.42. The Bertz CT molecular complexity index is 396. The van der Waals surface area contributed by atoms with Crippen LogP contribution in [0.2, 0.25) is 0 Å². The number of nitrogens with zero attached hydrogens (tertiary/aromatic N) is 2. The van der Waals surface area contributed by atoms with E-state index in [2.05, 4.69) is 4.99 Å². The average Bonchev–Trinajstić information content (AvgIpc) is 3.02. The van der Waals surface area contributed by atoms with E-state index in [9.17, 15) is 13.2 Å². The monoisotopic (exact) mass is 244 g/mol. The zero-order valence-corrected chi connectivity index (χ0v) is 9.95. The van der Waals surface area contributed by atoms with Gasteiger partial charge in [-0.05, 0) is 31.6 Å². The van der Waals surface area contributed by atoms with Crippen LogP contribution >= 0.6 is 0 Å². The van der Waals surface area contributed by atoms with E-state index in [-0.39, 0.29) is 11.8 Å². The first-order valence-corrected chi connectivity index (χ1v) is 7.27. The fourth-order valence-electron chi connectivity index (χ4n) is 2.04. The maximum absolute atomic E-state index is 12.0. The number of aliphatic imine (C=N–C) groups is 1. The first-order chi connectivity index (χ1) is 7.62. The average molecular weight is 244 g/mol. The van der Waals surface area contributed by atoms with Gasteiger partial charge in [-0.3, -0.25) is 0 Å². The van der Waals surface area contributed by atoms with Crippen molar-refractivity contribution < 1.29 is 13.2 Å². The molecule has 90 valence electrons. The second-order valence-electron chi connectivity index (χ2n) is 4.60. The number of hydrogen-bond donors (Lipinski definition) is 0. The molecule has 6 heteroatoms. The smallest absolute Gasteiger partial charge is 0.212 e. The van der Waals surface area contributed by atoms with Gasteiger partial charge >= 0.3 is 0 Å². The Morgan fingerprint density at radius 3 is 2.69 bits per heavy atom. The predicted octanol–water partition coefficient (Wildman–Crippen LogP) is 0.526. The molecule has 16 heavy (non-hydrogen) atoms. The van der Waals surface area contributed by atoms with Crippen LogP contribution in [-0.2, 0) is 14.8 Å². The molecule has 0 aromatic carbocycles. The Balaban J connectivity index is 1.99. The van der Waals surface area contributed by atoms with E-state index >= 15 is 0 Å². The summed E-state index contributed by atoms with van der Waals surface area (Å²) in [6, 6.07) is -0.194. The van der Waals surface area contributed by atoms with Crippen LogP contribution < -0.4 is 0 Å². The molecule has 2 aliphatic rings. The van der Waals surface area contributed by atoms with Gasteiger partial charge in [0.2, 0.25) is 16.1 Å². The van der Waals surface area contributed by atoms with E-state index in [1.54, 1.807) is 0 Å². The van der Waals surface area contributed by atoms with E-state index < -0.39 is 10.0 Å². The lowest BCUT2D eigenvalue weighted by Gasteiger charge is -2.29. The summed E-state index contributed by atoms with van der Waals surface area (Å²) in [6.07, 6.45) is 5.14. The Labute approximate surface area is 95.6 Å². The van der Waals surface area contributed by atoms with Crippen molar-refractivity contribution in [1.82, 2.24) is 4.31 Å². The molecule has 0 amide bonds. The van der Waals surface area contributed by atoms with Gasteiger partial charge in [-0.1, -0.05) is 0 Å². The molecule has 5 nitrogen and oxygen atoms in total. The lowest BCUT2D eigenvalue weighted by atomic mass is 10.1. The van der Waals surface area contributed by atoms with Gasteiger partial charge < -0.3 is 0 Å². The van der Waals surface area contributed by atoms with Gasteiger partial charge in [0.05, 0.1) is 11.8 Å². The molecule has 2 rings (SSSR count). The van der Waals surface area contributed by atoms with Gasteiger partial charge in [-0.2, -0.15) is 4.31 Å². The second kappa shape index (κ2) is 4.65. The van der Waals surface area contributed by atoms with Crippen molar-refractivity contribution >= 4 is 16.1 Å². The normalized spacial score (nSPS) is 27.4. The molecule has 1 unspecified atom stereocenters. The number of piperidine rings is 1. The fraction of sp³-hybridized carbons (Fsp3) is 0.900. The van der Waals surface area contributed by atoms with Gasteiger partial charge in [0.15, 0.2) is 0 Å². The quantitative estimate of drug-likeness (QED) is 0.535. The van der Waals surface area contributed by atoms with Crippen molar-refractivity contribution in [3.8, 4) is 0 Å². The van der Waals surface area contributed by atoms with Gasteiger partial charge in [-0.15, -0.1) is 0 Å². The summed E-state index contributed by atoms with van der Waals surface area (Å²) < 4.78 is 25.4. The van der Waals surface area contributed by atoms with Crippen molar-refractivity contribution in [1.29, 1.82) is 0 Å². The van der Waals surface area contributed by atoms with E-state index in [4.69, 9.17) is 0 Å². The second-order valence-corrected chi connectivity index (χ2v) is 6.61. The number of hydrogen-bond acceptors (Lipinski definition) is 4. The fourth-order valence-corrected chi connectivity index (χ4v) is 3.99. The van der Waals surface area contributed by atoms with E-state index in [1.807, 2.05) is 0 Å². The minimum atomic E-state index is -3.13. The summed E-state index contributed by atoms with van der Waals surface area (Å²) in [7, 11) is -3.13. The molecule has 1 aliphatic heterocycles. The summed E-state index contributed by atoms with van der Waals surface area (Å²) >= 11 is 0. The highest BCUT2D eigenvalue weighted by Gasteiger charge is 2.34. The molecule has 1 aliphatic carbocycles. The maximum Gasteiger partial charge on any atom is 0.235 e. The van der Waals surface area contributed by atoms with Crippen molar-refractivity contribution in [3.05, 3.63) is 0 Å². The zero-order valence-electron chi connectivity index (χ0n) is 9.13. The minimum Gasteiger partial charge on any atom is -0.212 e. The van der Waals surface area contributed by atoms with Crippen LogP contribution in [0.1, 0.15) is 25.7 Å². The van der Waals surface area contributed by atoms with Crippen LogP contribution in [0.4, 0.5) is 0 Å². The summed E-state index contributed by atoms with van der Waals surface area (Å²) in [5.74, 6) is 0.629. The van der Waals surface area contributed by atoms with Gasteiger partial charge in [0, 0.05) is 13.1 Å². The van der Waals surface area contributed by atoms with Gasteiger partial charge in [0.1, 0.15) is 0 Å². The number of rotatable bonds is 4. The van der Waals surface area contributed by atoms with Gasteiger partial charge in [-0.25, -0.2) is 18.2 Å². The van der Waals surface area contributed by atoms with Crippen LogP contribution in [0.3, 0.4) is 0 Å². The molecule has 1 heterocycles. The summed E-state index contributed by atoms with van der Waals surface area (Å²) in [5.41, 5.74) is 0. The standard InChI is InChI=1S/C10H16N2O3S/c13-8-11-10-2-1-5-12(6-10)16(14,15)7-9-3-4-9/h9-10H,1-7H2. The Hall–Kier alpha value is -0.710. The summed E-state index contributed by atoms with van der Waals surface area (Å²) in [6.45, 7) is 0.921. The first-order valence-electron chi connectivity index (χ1n) is 5.66. The number of carbonyl (C=O) groups excluding carboxylic acids is 1. The van der Waals surface area contributed by atoms with Crippen LogP contribution in [0, 0.1) is 5.92 Å². The third kappa shape index (κ3) is 2.90. The van der Waals surface area contributed by atoms with Crippen molar-refractivity contribution in [2.75, 3.05) is 18.8 Å². The van der Waals surface area contributed by atoms with E-state index in [1.165, 1.54) is 10.4 Å². The minimum absolute atomic E-state index is 0.194. The maximum atomic E-state index is 12.0. The topological polar surface area (TPSA) is 66.8 Å². The zero-order chi connectivity index (χ0) is 11.6. The van der Waals surface area contributed by atoms with Crippen LogP contribution in [-0.4, -0.2) is 43.7 Å². The Morgan fingerprint density at radius 2 is 2.06 bits per heavy atom. The molecule has 0 radical (unpaired) electrons. The molecule has 1 atom stereocenters. The number of isocyanates is 1. The first kappa shape index (κ1) is 11.8. The van der Waals surface area contributed by atoms with Crippen molar-refractivity contribution in [2.24, 2.45) is 10.9 Å². The highest BCUT2D eigenvalue weighted by atomic mass is 32.2. The van der Waals surface area contributed by atoms with E-state index in [0.717, 1.165) is 25.7 Å². The molecule has 0 aromatic heterocycles. The highest BCUT2D eigenvalue weighted by molar-refractivity contribution is 7.89. The van der Waals surface area contributed by atoms with E-state index in [0.29, 0.717) is 19.0 Å². The third-order valence-electron chi connectivity index (χ3n) is 3.13. The molecule has 1 saturated heterocycles. The lowest BCUT2D eigenvalue weighted by Crippen LogP contribution is -2.42. The molecule has 2 fully saturated rings. The molecule has 0 N–H and O–H groups in total. The Morgan fingerprint density at radius 1 is 1.31 bits per heavy atom. The third-order valence-corrected chi connectivity index (χ3v) is 5.14.